The summed E-state index contributed by atoms with van der Waals surface area (Å²) in [5.41, 5.74) is -0.0516. The van der Waals surface area contributed by atoms with Crippen LogP contribution in [0.4, 0.5) is 0 Å². The van der Waals surface area contributed by atoms with Crippen LogP contribution in [-0.2, 0) is 25.7 Å². The van der Waals surface area contributed by atoms with Crippen LogP contribution in [0.1, 0.15) is 25.3 Å². The number of benzene rings is 1. The van der Waals surface area contributed by atoms with Gasteiger partial charge in [0.2, 0.25) is 0 Å². The van der Waals surface area contributed by atoms with Crippen LogP contribution in [-0.4, -0.2) is 24.0 Å². The molecule has 1 aromatic rings. The molecule has 0 aliphatic carbocycles. The van der Waals surface area contributed by atoms with Crippen molar-refractivity contribution in [2.24, 2.45) is 0 Å². The van der Waals surface area contributed by atoms with Gasteiger partial charge in [0.25, 0.3) is 0 Å². The van der Waals surface area contributed by atoms with Crippen molar-refractivity contribution in [3.8, 4) is 0 Å². The Bertz CT molecular complexity index is 428. The molecule has 0 saturated carbocycles. The summed E-state index contributed by atoms with van der Waals surface area (Å²) in [6.07, 6.45) is 0.760. The highest BCUT2D eigenvalue weighted by Crippen LogP contribution is 2.24. The van der Waals surface area contributed by atoms with Crippen LogP contribution in [0, 0.1) is 0 Å². The van der Waals surface area contributed by atoms with E-state index in [1.165, 1.54) is 0 Å². The van der Waals surface area contributed by atoms with Gasteiger partial charge in [-0.05, 0) is 18.9 Å². The molecule has 0 N–H and O–H groups in total. The largest absolute Gasteiger partial charge is 0.459 e. The molecule has 1 heterocycles. The van der Waals surface area contributed by atoms with E-state index in [0.29, 0.717) is 12.8 Å². The minimum absolute atomic E-state index is 0.00304. The van der Waals surface area contributed by atoms with Crippen molar-refractivity contribution in [2.75, 3.05) is 6.61 Å². The van der Waals surface area contributed by atoms with Gasteiger partial charge in [-0.15, -0.1) is 0 Å². The Morgan fingerprint density at radius 1 is 1.39 bits per heavy atom. The number of carbonyl (C=O) groups is 2. The monoisotopic (exact) mass is 248 g/mol. The molecule has 0 aromatic heterocycles. The van der Waals surface area contributed by atoms with Gasteiger partial charge in [0.1, 0.15) is 13.2 Å². The Hall–Kier alpha value is -1.68. The number of ketones is 1. The SMILES string of the molecule is CC1(C(=O)OCc2ccccc2)CCC(=O)CO1. The number of rotatable bonds is 3. The van der Waals surface area contributed by atoms with Crippen LogP contribution in [0.3, 0.4) is 0 Å². The van der Waals surface area contributed by atoms with Gasteiger partial charge in [-0.2, -0.15) is 0 Å². The fraction of sp³-hybridized carbons (Fsp3) is 0.429. The van der Waals surface area contributed by atoms with Gasteiger partial charge in [-0.3, -0.25) is 4.79 Å². The van der Waals surface area contributed by atoms with E-state index in [0.717, 1.165) is 5.56 Å². The zero-order chi connectivity index (χ0) is 13.0. The summed E-state index contributed by atoms with van der Waals surface area (Å²) in [6, 6.07) is 9.46. The van der Waals surface area contributed by atoms with Crippen molar-refractivity contribution in [1.29, 1.82) is 0 Å². The second-order valence-electron chi connectivity index (χ2n) is 4.62. The highest BCUT2D eigenvalue weighted by Gasteiger charge is 2.39. The van der Waals surface area contributed by atoms with Crippen molar-refractivity contribution in [3.05, 3.63) is 35.9 Å². The third-order valence-corrected chi connectivity index (χ3v) is 3.08. The zero-order valence-electron chi connectivity index (χ0n) is 10.3. The van der Waals surface area contributed by atoms with Crippen LogP contribution in [0.25, 0.3) is 0 Å². The number of hydrogen-bond donors (Lipinski definition) is 0. The predicted octanol–water partition coefficient (Wildman–Crippen LogP) is 1.87. The van der Waals surface area contributed by atoms with Gasteiger partial charge in [-0.1, -0.05) is 30.3 Å². The lowest BCUT2D eigenvalue weighted by molar-refractivity contribution is -0.178. The number of esters is 1. The van der Waals surface area contributed by atoms with E-state index in [-0.39, 0.29) is 19.0 Å². The third-order valence-electron chi connectivity index (χ3n) is 3.08. The van der Waals surface area contributed by atoms with Gasteiger partial charge in [0.05, 0.1) is 0 Å². The maximum atomic E-state index is 11.9. The molecule has 1 aliphatic rings. The summed E-state index contributed by atoms with van der Waals surface area (Å²) in [5.74, 6) is -0.373. The van der Waals surface area contributed by atoms with E-state index in [1.807, 2.05) is 30.3 Å². The molecular formula is C14H16O4. The minimum Gasteiger partial charge on any atom is -0.459 e. The average Bonchev–Trinajstić information content (AvgIpc) is 2.41. The van der Waals surface area contributed by atoms with Gasteiger partial charge in [0, 0.05) is 6.42 Å². The van der Waals surface area contributed by atoms with E-state index < -0.39 is 11.6 Å². The first kappa shape index (κ1) is 12.8. The van der Waals surface area contributed by atoms with Crippen molar-refractivity contribution in [1.82, 2.24) is 0 Å². The second-order valence-corrected chi connectivity index (χ2v) is 4.62. The lowest BCUT2D eigenvalue weighted by Crippen LogP contribution is -2.44. The van der Waals surface area contributed by atoms with Gasteiger partial charge >= 0.3 is 5.97 Å². The summed E-state index contributed by atoms with van der Waals surface area (Å²) in [5, 5.41) is 0. The van der Waals surface area contributed by atoms with Gasteiger partial charge in [-0.25, -0.2) is 4.79 Å². The first-order valence-electron chi connectivity index (χ1n) is 5.97. The van der Waals surface area contributed by atoms with Crippen LogP contribution in [0.15, 0.2) is 30.3 Å². The summed E-state index contributed by atoms with van der Waals surface area (Å²) >= 11 is 0. The van der Waals surface area contributed by atoms with Crippen molar-refractivity contribution < 1.29 is 19.1 Å². The van der Waals surface area contributed by atoms with E-state index in [2.05, 4.69) is 0 Å². The Labute approximate surface area is 106 Å². The normalized spacial score (nSPS) is 23.7. The maximum Gasteiger partial charge on any atom is 0.338 e. The average molecular weight is 248 g/mol. The number of hydrogen-bond acceptors (Lipinski definition) is 4. The maximum absolute atomic E-state index is 11.9. The lowest BCUT2D eigenvalue weighted by Gasteiger charge is -2.30. The van der Waals surface area contributed by atoms with Crippen LogP contribution >= 0.6 is 0 Å². The molecule has 0 bridgehead atoms. The number of carbonyl (C=O) groups excluding carboxylic acids is 2. The van der Waals surface area contributed by atoms with E-state index in [4.69, 9.17) is 9.47 Å². The highest BCUT2D eigenvalue weighted by molar-refractivity contribution is 5.85. The van der Waals surface area contributed by atoms with Gasteiger partial charge in [0.15, 0.2) is 11.4 Å². The quantitative estimate of drug-likeness (QED) is 0.766. The predicted molar refractivity (Wildman–Crippen MR) is 64.8 cm³/mol. The molecule has 0 spiro atoms. The van der Waals surface area contributed by atoms with E-state index in [1.54, 1.807) is 6.92 Å². The molecule has 1 fully saturated rings. The molecule has 4 nitrogen and oxygen atoms in total. The molecular weight excluding hydrogens is 232 g/mol. The number of ether oxygens (including phenoxy) is 2. The molecule has 96 valence electrons. The molecule has 0 amide bonds. The van der Waals surface area contributed by atoms with Gasteiger partial charge < -0.3 is 9.47 Å². The molecule has 18 heavy (non-hydrogen) atoms. The molecule has 1 unspecified atom stereocenters. The molecule has 0 radical (unpaired) electrons. The van der Waals surface area contributed by atoms with Crippen molar-refractivity contribution >= 4 is 11.8 Å². The van der Waals surface area contributed by atoms with Crippen LogP contribution < -0.4 is 0 Å². The molecule has 1 saturated heterocycles. The minimum atomic E-state index is -0.983. The Morgan fingerprint density at radius 3 is 2.72 bits per heavy atom. The summed E-state index contributed by atoms with van der Waals surface area (Å²) < 4.78 is 10.5. The first-order valence-corrected chi connectivity index (χ1v) is 5.97. The molecule has 2 rings (SSSR count). The molecule has 1 aliphatic heterocycles. The molecule has 1 atom stereocenters. The summed E-state index contributed by atoms with van der Waals surface area (Å²) in [4.78, 5) is 23.0. The second kappa shape index (κ2) is 5.31. The summed E-state index contributed by atoms with van der Waals surface area (Å²) in [7, 11) is 0. The number of Topliss-reactive ketones (excluding diaryl/α,β-unsaturated/α-hetero) is 1. The smallest absolute Gasteiger partial charge is 0.338 e. The lowest BCUT2D eigenvalue weighted by atomic mass is 9.95. The summed E-state index contributed by atoms with van der Waals surface area (Å²) in [6.45, 7) is 1.90. The highest BCUT2D eigenvalue weighted by atomic mass is 16.6. The van der Waals surface area contributed by atoms with E-state index in [9.17, 15) is 9.59 Å². The van der Waals surface area contributed by atoms with Crippen LogP contribution in [0.5, 0.6) is 0 Å². The topological polar surface area (TPSA) is 52.6 Å². The fourth-order valence-corrected chi connectivity index (χ4v) is 1.80. The molecule has 4 heteroatoms. The Kier molecular flexibility index (Phi) is 3.77. The van der Waals surface area contributed by atoms with Crippen molar-refractivity contribution in [3.63, 3.8) is 0 Å². The standard InChI is InChI=1S/C14H16O4/c1-14(8-7-12(15)10-18-14)13(16)17-9-11-5-3-2-4-6-11/h2-6H,7-10H2,1H3. The zero-order valence-corrected chi connectivity index (χ0v) is 10.3. The van der Waals surface area contributed by atoms with Crippen LogP contribution in [0.2, 0.25) is 0 Å². The third kappa shape index (κ3) is 2.96. The molecule has 1 aromatic carbocycles. The first-order chi connectivity index (χ1) is 8.60. The Balaban J connectivity index is 1.90. The van der Waals surface area contributed by atoms with E-state index >= 15 is 0 Å². The Morgan fingerprint density at radius 2 is 2.11 bits per heavy atom. The van der Waals surface area contributed by atoms with Crippen molar-refractivity contribution in [2.45, 2.75) is 32.0 Å². The fourth-order valence-electron chi connectivity index (χ4n) is 1.80.